The van der Waals surface area contributed by atoms with E-state index in [1.165, 1.54) is 0 Å². The molecular formula is C19H23N7O. The minimum absolute atomic E-state index is 0.207. The van der Waals surface area contributed by atoms with Crippen molar-refractivity contribution < 1.29 is 0 Å². The Bertz CT molecular complexity index is 994. The molecule has 0 unspecified atom stereocenters. The Morgan fingerprint density at radius 3 is 2.44 bits per heavy atom. The summed E-state index contributed by atoms with van der Waals surface area (Å²) >= 11 is 0. The largest absolute Gasteiger partial charge is 0.353 e. The zero-order chi connectivity index (χ0) is 18.8. The molecule has 140 valence electrons. The first-order chi connectivity index (χ1) is 13.2. The van der Waals surface area contributed by atoms with Crippen molar-refractivity contribution in [3.8, 4) is 0 Å². The van der Waals surface area contributed by atoms with Gasteiger partial charge in [0.1, 0.15) is 23.6 Å². The highest BCUT2D eigenvalue weighted by molar-refractivity contribution is 5.80. The number of pyridine rings is 1. The number of fused-ring (bicyclic) bond motifs is 1. The van der Waals surface area contributed by atoms with Crippen molar-refractivity contribution in [3.63, 3.8) is 0 Å². The molecular weight excluding hydrogens is 342 g/mol. The van der Waals surface area contributed by atoms with E-state index in [-0.39, 0.29) is 5.56 Å². The van der Waals surface area contributed by atoms with E-state index in [9.17, 15) is 4.79 Å². The average Bonchev–Trinajstić information content (AvgIpc) is 2.71. The Hall–Kier alpha value is -3.03. The molecule has 0 amide bonds. The van der Waals surface area contributed by atoms with Crippen molar-refractivity contribution in [2.24, 2.45) is 0 Å². The number of hydrogen-bond donors (Lipinski definition) is 0. The number of piperazine rings is 1. The van der Waals surface area contributed by atoms with Crippen LogP contribution in [0.2, 0.25) is 0 Å². The molecule has 1 aliphatic heterocycles. The molecule has 1 saturated heterocycles. The number of aromatic nitrogens is 5. The summed E-state index contributed by atoms with van der Waals surface area (Å²) in [6, 6.07) is 2.00. The van der Waals surface area contributed by atoms with Crippen LogP contribution in [0.15, 0.2) is 35.8 Å². The molecule has 0 aliphatic carbocycles. The van der Waals surface area contributed by atoms with Gasteiger partial charge < -0.3 is 14.4 Å². The third-order valence-electron chi connectivity index (χ3n) is 4.93. The molecule has 4 rings (SSSR count). The molecule has 1 fully saturated rings. The lowest BCUT2D eigenvalue weighted by molar-refractivity contribution is 0.638. The molecule has 3 aromatic heterocycles. The molecule has 4 heterocycles. The molecule has 0 bridgehead atoms. The van der Waals surface area contributed by atoms with Gasteiger partial charge in [-0.3, -0.25) is 9.78 Å². The molecule has 0 N–H and O–H groups in total. The average molecular weight is 365 g/mol. The van der Waals surface area contributed by atoms with E-state index in [1.807, 2.05) is 17.6 Å². The summed E-state index contributed by atoms with van der Waals surface area (Å²) < 4.78 is 1.98. The lowest BCUT2D eigenvalue weighted by Crippen LogP contribution is -2.47. The maximum Gasteiger partial charge on any atom is 0.282 e. The summed E-state index contributed by atoms with van der Waals surface area (Å²) in [5.41, 5.74) is 1.44. The Labute approximate surface area is 157 Å². The van der Waals surface area contributed by atoms with Gasteiger partial charge in [0, 0.05) is 45.1 Å². The molecule has 0 radical (unpaired) electrons. The first-order valence-corrected chi connectivity index (χ1v) is 9.30. The Kier molecular flexibility index (Phi) is 4.70. The van der Waals surface area contributed by atoms with Crippen LogP contribution in [0.3, 0.4) is 0 Å². The zero-order valence-corrected chi connectivity index (χ0v) is 15.7. The maximum absolute atomic E-state index is 12.2. The van der Waals surface area contributed by atoms with Crippen LogP contribution in [0, 0.1) is 6.92 Å². The standard InChI is InChI=1S/C19H23N7O/c1-3-6-26-13-22-19(27)17-14(2)11-15(23-18(17)26)24-7-9-25(10-8-24)16-12-20-4-5-21-16/h4-5,11-13H,3,6-10H2,1-2H3. The number of nitrogens with zero attached hydrogens (tertiary/aromatic N) is 7. The van der Waals surface area contributed by atoms with Gasteiger partial charge >= 0.3 is 0 Å². The number of rotatable bonds is 4. The fourth-order valence-corrected chi connectivity index (χ4v) is 3.54. The van der Waals surface area contributed by atoms with Crippen LogP contribution >= 0.6 is 0 Å². The molecule has 0 saturated carbocycles. The predicted molar refractivity (Wildman–Crippen MR) is 105 cm³/mol. The minimum atomic E-state index is -0.207. The lowest BCUT2D eigenvalue weighted by Gasteiger charge is -2.36. The Morgan fingerprint density at radius 1 is 1.04 bits per heavy atom. The number of aryl methyl sites for hydroxylation is 2. The third kappa shape index (κ3) is 3.34. The molecule has 1 aliphatic rings. The quantitative estimate of drug-likeness (QED) is 0.695. The Morgan fingerprint density at radius 2 is 1.78 bits per heavy atom. The van der Waals surface area contributed by atoms with Gasteiger partial charge in [-0.2, -0.15) is 4.98 Å². The topological polar surface area (TPSA) is 80.0 Å². The van der Waals surface area contributed by atoms with Gasteiger partial charge in [-0.1, -0.05) is 6.92 Å². The SMILES string of the molecule is CCCn1cnc(=O)c2c(C)cc(N3CCN(c4cnccn4)CC3)nc21. The number of anilines is 2. The second kappa shape index (κ2) is 7.30. The summed E-state index contributed by atoms with van der Waals surface area (Å²) in [5.74, 6) is 1.82. The molecule has 0 atom stereocenters. The first kappa shape index (κ1) is 17.4. The van der Waals surface area contributed by atoms with E-state index < -0.39 is 0 Å². The zero-order valence-electron chi connectivity index (χ0n) is 15.7. The van der Waals surface area contributed by atoms with Crippen LogP contribution in [0.25, 0.3) is 11.0 Å². The van der Waals surface area contributed by atoms with E-state index in [0.717, 1.165) is 62.0 Å². The van der Waals surface area contributed by atoms with Crippen molar-refractivity contribution in [3.05, 3.63) is 46.9 Å². The normalized spacial score (nSPS) is 14.7. The summed E-state index contributed by atoms with van der Waals surface area (Å²) in [4.78, 5) is 34.1. The van der Waals surface area contributed by atoms with Crippen LogP contribution < -0.4 is 15.4 Å². The van der Waals surface area contributed by atoms with E-state index in [1.54, 1.807) is 24.9 Å². The van der Waals surface area contributed by atoms with Crippen LogP contribution in [0.4, 0.5) is 11.6 Å². The summed E-state index contributed by atoms with van der Waals surface area (Å²) in [5, 5.41) is 0.618. The highest BCUT2D eigenvalue weighted by Gasteiger charge is 2.21. The van der Waals surface area contributed by atoms with Gasteiger partial charge in [0.05, 0.1) is 11.6 Å². The first-order valence-electron chi connectivity index (χ1n) is 9.30. The minimum Gasteiger partial charge on any atom is -0.353 e. The maximum atomic E-state index is 12.2. The van der Waals surface area contributed by atoms with Gasteiger partial charge in [-0.05, 0) is 25.0 Å². The van der Waals surface area contributed by atoms with Gasteiger partial charge in [0.25, 0.3) is 5.56 Å². The van der Waals surface area contributed by atoms with Gasteiger partial charge in [0.15, 0.2) is 0 Å². The second-order valence-corrected chi connectivity index (χ2v) is 6.78. The fraction of sp³-hybridized carbons (Fsp3) is 0.421. The van der Waals surface area contributed by atoms with Crippen molar-refractivity contribution in [2.75, 3.05) is 36.0 Å². The molecule has 8 nitrogen and oxygen atoms in total. The molecule has 0 spiro atoms. The summed E-state index contributed by atoms with van der Waals surface area (Å²) in [6.45, 7) is 8.26. The van der Waals surface area contributed by atoms with Crippen molar-refractivity contribution >= 4 is 22.7 Å². The van der Waals surface area contributed by atoms with Gasteiger partial charge in [-0.15, -0.1) is 0 Å². The van der Waals surface area contributed by atoms with Crippen molar-refractivity contribution in [1.82, 2.24) is 24.5 Å². The van der Waals surface area contributed by atoms with Gasteiger partial charge in [-0.25, -0.2) is 9.97 Å². The van der Waals surface area contributed by atoms with E-state index in [2.05, 4.69) is 31.7 Å². The Balaban J connectivity index is 1.63. The molecule has 8 heteroatoms. The molecule has 3 aromatic rings. The number of hydrogen-bond acceptors (Lipinski definition) is 7. The van der Waals surface area contributed by atoms with Gasteiger partial charge in [0.2, 0.25) is 0 Å². The predicted octanol–water partition coefficient (Wildman–Crippen LogP) is 1.63. The smallest absolute Gasteiger partial charge is 0.282 e. The van der Waals surface area contributed by atoms with Crippen LogP contribution in [0.1, 0.15) is 18.9 Å². The summed E-state index contributed by atoms with van der Waals surface area (Å²) in [6.07, 6.45) is 7.77. The fourth-order valence-electron chi connectivity index (χ4n) is 3.54. The van der Waals surface area contributed by atoms with Crippen LogP contribution in [-0.4, -0.2) is 50.7 Å². The van der Waals surface area contributed by atoms with Crippen molar-refractivity contribution in [2.45, 2.75) is 26.8 Å². The van der Waals surface area contributed by atoms with E-state index in [4.69, 9.17) is 4.98 Å². The lowest BCUT2D eigenvalue weighted by atomic mass is 10.2. The highest BCUT2D eigenvalue weighted by atomic mass is 16.1. The molecule has 0 aromatic carbocycles. The second-order valence-electron chi connectivity index (χ2n) is 6.78. The third-order valence-corrected chi connectivity index (χ3v) is 4.93. The summed E-state index contributed by atoms with van der Waals surface area (Å²) in [7, 11) is 0. The highest BCUT2D eigenvalue weighted by Crippen LogP contribution is 2.22. The van der Waals surface area contributed by atoms with E-state index >= 15 is 0 Å². The monoisotopic (exact) mass is 365 g/mol. The van der Waals surface area contributed by atoms with E-state index in [0.29, 0.717) is 5.39 Å². The molecule has 27 heavy (non-hydrogen) atoms. The van der Waals surface area contributed by atoms with Crippen molar-refractivity contribution in [1.29, 1.82) is 0 Å². The van der Waals surface area contributed by atoms with Crippen LogP contribution in [0.5, 0.6) is 0 Å². The van der Waals surface area contributed by atoms with Crippen LogP contribution in [-0.2, 0) is 6.54 Å².